The maximum atomic E-state index is 12.5. The van der Waals surface area contributed by atoms with E-state index in [2.05, 4.69) is 5.10 Å². The Morgan fingerprint density at radius 1 is 1.23 bits per heavy atom. The van der Waals surface area contributed by atoms with Crippen molar-refractivity contribution in [3.05, 3.63) is 57.0 Å². The largest absolute Gasteiger partial charge is 0.487 e. The van der Waals surface area contributed by atoms with Gasteiger partial charge in [-0.15, -0.1) is 0 Å². The fourth-order valence-corrected chi connectivity index (χ4v) is 2.27. The smallest absolute Gasteiger partial charge is 0.274 e. The van der Waals surface area contributed by atoms with Crippen LogP contribution < -0.4 is 10.3 Å². The predicted molar refractivity (Wildman–Crippen MR) is 88.7 cm³/mol. The number of hydrogen-bond acceptors (Lipinski definition) is 3. The number of aromatic nitrogens is 2. The van der Waals surface area contributed by atoms with E-state index in [4.69, 9.17) is 16.3 Å². The highest BCUT2D eigenvalue weighted by Crippen LogP contribution is 2.19. The van der Waals surface area contributed by atoms with E-state index in [1.165, 1.54) is 4.68 Å². The molecular weight excluding hydrogens is 300 g/mol. The second-order valence-electron chi connectivity index (χ2n) is 6.14. The minimum Gasteiger partial charge on any atom is -0.487 e. The molecule has 0 bridgehead atoms. The molecule has 22 heavy (non-hydrogen) atoms. The SMILES string of the molecule is CCc1c(OCc2ccc(Cl)cc2)cnn(C(C)(C)C)c1=O. The molecule has 1 aromatic carbocycles. The van der Waals surface area contributed by atoms with Crippen LogP contribution in [0.25, 0.3) is 0 Å². The molecule has 0 saturated heterocycles. The van der Waals surface area contributed by atoms with Crippen LogP contribution >= 0.6 is 11.6 Å². The quantitative estimate of drug-likeness (QED) is 0.860. The molecule has 0 unspecified atom stereocenters. The van der Waals surface area contributed by atoms with Crippen LogP contribution in [-0.2, 0) is 18.6 Å². The van der Waals surface area contributed by atoms with Gasteiger partial charge in [-0.05, 0) is 44.9 Å². The molecule has 118 valence electrons. The van der Waals surface area contributed by atoms with Crippen molar-refractivity contribution in [2.45, 2.75) is 46.3 Å². The lowest BCUT2D eigenvalue weighted by atomic mass is 10.1. The van der Waals surface area contributed by atoms with Crippen molar-refractivity contribution in [1.82, 2.24) is 9.78 Å². The Kier molecular flexibility index (Phi) is 4.91. The molecule has 0 spiro atoms. The van der Waals surface area contributed by atoms with E-state index in [-0.39, 0.29) is 11.1 Å². The molecular formula is C17H21ClN2O2. The van der Waals surface area contributed by atoms with Gasteiger partial charge < -0.3 is 4.74 Å². The van der Waals surface area contributed by atoms with Gasteiger partial charge in [0.1, 0.15) is 12.4 Å². The summed E-state index contributed by atoms with van der Waals surface area (Å²) in [7, 11) is 0. The molecule has 2 aromatic rings. The van der Waals surface area contributed by atoms with E-state index >= 15 is 0 Å². The number of rotatable bonds is 4. The van der Waals surface area contributed by atoms with Crippen LogP contribution in [0.4, 0.5) is 0 Å². The minimum absolute atomic E-state index is 0.0939. The summed E-state index contributed by atoms with van der Waals surface area (Å²) in [6, 6.07) is 7.43. The number of benzene rings is 1. The number of ether oxygens (including phenoxy) is 1. The van der Waals surface area contributed by atoms with E-state index in [1.807, 2.05) is 52.0 Å². The van der Waals surface area contributed by atoms with Gasteiger partial charge in [0.15, 0.2) is 0 Å². The van der Waals surface area contributed by atoms with Crippen LogP contribution in [0.2, 0.25) is 5.02 Å². The zero-order valence-corrected chi connectivity index (χ0v) is 14.1. The van der Waals surface area contributed by atoms with Gasteiger partial charge in [-0.1, -0.05) is 30.7 Å². The molecule has 1 heterocycles. The van der Waals surface area contributed by atoms with Crippen LogP contribution in [0.3, 0.4) is 0 Å². The van der Waals surface area contributed by atoms with E-state index in [9.17, 15) is 4.79 Å². The first kappa shape index (κ1) is 16.6. The molecule has 4 nitrogen and oxygen atoms in total. The molecule has 0 aliphatic rings. The zero-order chi connectivity index (χ0) is 16.3. The molecule has 0 saturated carbocycles. The average Bonchev–Trinajstić information content (AvgIpc) is 2.45. The summed E-state index contributed by atoms with van der Waals surface area (Å²) >= 11 is 5.86. The van der Waals surface area contributed by atoms with Crippen molar-refractivity contribution in [3.63, 3.8) is 0 Å². The second-order valence-corrected chi connectivity index (χ2v) is 6.58. The summed E-state index contributed by atoms with van der Waals surface area (Å²) in [6.07, 6.45) is 2.23. The first-order valence-corrected chi connectivity index (χ1v) is 7.69. The fourth-order valence-electron chi connectivity index (χ4n) is 2.14. The lowest BCUT2D eigenvalue weighted by Gasteiger charge is -2.22. The van der Waals surface area contributed by atoms with Crippen molar-refractivity contribution in [2.75, 3.05) is 0 Å². The van der Waals surface area contributed by atoms with Crippen LogP contribution in [0.15, 0.2) is 35.3 Å². The van der Waals surface area contributed by atoms with Gasteiger partial charge in [0.25, 0.3) is 5.56 Å². The summed E-state index contributed by atoms with van der Waals surface area (Å²) in [5.41, 5.74) is 1.20. The van der Waals surface area contributed by atoms with E-state index in [0.717, 1.165) is 5.56 Å². The molecule has 0 atom stereocenters. The van der Waals surface area contributed by atoms with Gasteiger partial charge in [-0.2, -0.15) is 5.10 Å². The van der Waals surface area contributed by atoms with Crippen molar-refractivity contribution < 1.29 is 4.74 Å². The van der Waals surface area contributed by atoms with Gasteiger partial charge in [0.05, 0.1) is 17.3 Å². The molecule has 0 amide bonds. The molecule has 0 fully saturated rings. The van der Waals surface area contributed by atoms with Gasteiger partial charge in [0.2, 0.25) is 0 Å². The van der Waals surface area contributed by atoms with Crippen LogP contribution in [0, 0.1) is 0 Å². The Morgan fingerprint density at radius 3 is 2.41 bits per heavy atom. The first-order valence-electron chi connectivity index (χ1n) is 7.32. The standard InChI is InChI=1S/C17H21ClN2O2/c1-5-14-15(10-19-20(16(14)21)17(2,3)4)22-11-12-6-8-13(18)9-7-12/h6-10H,5,11H2,1-4H3. The first-order chi connectivity index (χ1) is 10.3. The lowest BCUT2D eigenvalue weighted by Crippen LogP contribution is -2.37. The summed E-state index contributed by atoms with van der Waals surface area (Å²) in [4.78, 5) is 12.5. The molecule has 2 rings (SSSR count). The monoisotopic (exact) mass is 320 g/mol. The summed E-state index contributed by atoms with van der Waals surface area (Å²) < 4.78 is 7.28. The summed E-state index contributed by atoms with van der Waals surface area (Å²) in [5.74, 6) is 0.544. The van der Waals surface area contributed by atoms with Crippen molar-refractivity contribution in [1.29, 1.82) is 0 Å². The number of nitrogens with zero attached hydrogens (tertiary/aromatic N) is 2. The van der Waals surface area contributed by atoms with Gasteiger partial charge >= 0.3 is 0 Å². The second kappa shape index (κ2) is 6.53. The Morgan fingerprint density at radius 2 is 1.86 bits per heavy atom. The Labute approximate surface area is 135 Å². The molecule has 0 N–H and O–H groups in total. The van der Waals surface area contributed by atoms with E-state index < -0.39 is 0 Å². The third kappa shape index (κ3) is 3.69. The maximum Gasteiger partial charge on any atom is 0.274 e. The van der Waals surface area contributed by atoms with Crippen molar-refractivity contribution in [2.24, 2.45) is 0 Å². The Bertz CT molecular complexity index is 700. The highest BCUT2D eigenvalue weighted by molar-refractivity contribution is 6.30. The summed E-state index contributed by atoms with van der Waals surface area (Å²) in [5, 5.41) is 4.93. The third-order valence-electron chi connectivity index (χ3n) is 3.33. The van der Waals surface area contributed by atoms with E-state index in [0.29, 0.717) is 29.4 Å². The molecule has 5 heteroatoms. The normalized spacial score (nSPS) is 11.5. The maximum absolute atomic E-state index is 12.5. The lowest BCUT2D eigenvalue weighted by molar-refractivity contribution is 0.287. The van der Waals surface area contributed by atoms with Crippen molar-refractivity contribution >= 4 is 11.6 Å². The predicted octanol–water partition coefficient (Wildman–Crippen LogP) is 3.79. The number of hydrogen-bond donors (Lipinski definition) is 0. The van der Waals surface area contributed by atoms with Crippen molar-refractivity contribution in [3.8, 4) is 5.75 Å². The fraction of sp³-hybridized carbons (Fsp3) is 0.412. The van der Waals surface area contributed by atoms with Crippen LogP contribution in [-0.4, -0.2) is 9.78 Å². The molecule has 0 aliphatic carbocycles. The number of halogens is 1. The molecule has 0 aliphatic heterocycles. The third-order valence-corrected chi connectivity index (χ3v) is 3.59. The highest BCUT2D eigenvalue weighted by atomic mass is 35.5. The zero-order valence-electron chi connectivity index (χ0n) is 13.4. The van der Waals surface area contributed by atoms with Crippen LogP contribution in [0.5, 0.6) is 5.75 Å². The van der Waals surface area contributed by atoms with Crippen LogP contribution in [0.1, 0.15) is 38.8 Å². The van der Waals surface area contributed by atoms with E-state index in [1.54, 1.807) is 6.20 Å². The Balaban J connectivity index is 2.26. The average molecular weight is 321 g/mol. The summed E-state index contributed by atoms with van der Waals surface area (Å²) in [6.45, 7) is 8.18. The highest BCUT2D eigenvalue weighted by Gasteiger charge is 2.20. The van der Waals surface area contributed by atoms with Gasteiger partial charge in [-0.25, -0.2) is 4.68 Å². The van der Waals surface area contributed by atoms with Gasteiger partial charge in [-0.3, -0.25) is 4.79 Å². The topological polar surface area (TPSA) is 44.1 Å². The Hall–Kier alpha value is -1.81. The molecule has 1 aromatic heterocycles. The minimum atomic E-state index is -0.351. The van der Waals surface area contributed by atoms with Gasteiger partial charge in [0, 0.05) is 5.02 Å². The molecule has 0 radical (unpaired) electrons.